The van der Waals surface area contributed by atoms with Crippen LogP contribution in [0, 0.1) is 13.8 Å². The third-order valence-corrected chi connectivity index (χ3v) is 5.15. The quantitative estimate of drug-likeness (QED) is 0.690. The Kier molecular flexibility index (Phi) is 4.81. The van der Waals surface area contributed by atoms with E-state index in [4.69, 9.17) is 9.26 Å². The van der Waals surface area contributed by atoms with Crippen molar-refractivity contribution in [3.63, 3.8) is 0 Å². The van der Waals surface area contributed by atoms with Gasteiger partial charge in [0.1, 0.15) is 11.5 Å². The van der Waals surface area contributed by atoms with Crippen molar-refractivity contribution >= 4 is 5.57 Å². The summed E-state index contributed by atoms with van der Waals surface area (Å²) in [5.74, 6) is 1.77. The SMILES string of the molecule is COc1ccc(-n2cc(C3=CCN(Cc4c(C)noc4C)CC3)cn2)cc1. The summed E-state index contributed by atoms with van der Waals surface area (Å²) in [6.45, 7) is 6.81. The lowest BCUT2D eigenvalue weighted by Gasteiger charge is -2.25. The summed E-state index contributed by atoms with van der Waals surface area (Å²) in [5.41, 5.74) is 5.76. The van der Waals surface area contributed by atoms with Crippen LogP contribution in [0.3, 0.4) is 0 Å². The maximum Gasteiger partial charge on any atom is 0.138 e. The Morgan fingerprint density at radius 1 is 1.19 bits per heavy atom. The molecule has 1 aromatic carbocycles. The summed E-state index contributed by atoms with van der Waals surface area (Å²) >= 11 is 0. The molecule has 0 atom stereocenters. The highest BCUT2D eigenvalue weighted by Gasteiger charge is 2.18. The molecule has 4 rings (SSSR count). The van der Waals surface area contributed by atoms with Gasteiger partial charge >= 0.3 is 0 Å². The van der Waals surface area contributed by atoms with Crippen molar-refractivity contribution in [2.75, 3.05) is 20.2 Å². The van der Waals surface area contributed by atoms with E-state index in [0.29, 0.717) is 0 Å². The van der Waals surface area contributed by atoms with Gasteiger partial charge in [-0.2, -0.15) is 5.10 Å². The van der Waals surface area contributed by atoms with E-state index < -0.39 is 0 Å². The average Bonchev–Trinajstić information content (AvgIpc) is 3.31. The van der Waals surface area contributed by atoms with Crippen LogP contribution in [0.15, 0.2) is 47.3 Å². The van der Waals surface area contributed by atoms with Crippen molar-refractivity contribution in [2.45, 2.75) is 26.8 Å². The Hall–Kier alpha value is -2.86. The molecule has 140 valence electrons. The van der Waals surface area contributed by atoms with E-state index in [0.717, 1.165) is 48.9 Å². The molecule has 0 spiro atoms. The number of aromatic nitrogens is 3. The first-order valence-electron chi connectivity index (χ1n) is 9.16. The highest BCUT2D eigenvalue weighted by molar-refractivity contribution is 5.65. The molecule has 6 nitrogen and oxygen atoms in total. The van der Waals surface area contributed by atoms with Crippen LogP contribution in [0.25, 0.3) is 11.3 Å². The number of rotatable bonds is 5. The monoisotopic (exact) mass is 364 g/mol. The molecule has 3 heterocycles. The highest BCUT2D eigenvalue weighted by Crippen LogP contribution is 2.25. The normalized spacial score (nSPS) is 15.0. The largest absolute Gasteiger partial charge is 0.497 e. The minimum Gasteiger partial charge on any atom is -0.497 e. The van der Waals surface area contributed by atoms with Gasteiger partial charge in [-0.15, -0.1) is 0 Å². The van der Waals surface area contributed by atoms with Gasteiger partial charge in [-0.05, 0) is 50.1 Å². The van der Waals surface area contributed by atoms with E-state index in [1.165, 1.54) is 16.7 Å². The Bertz CT molecular complexity index is 933. The zero-order valence-corrected chi connectivity index (χ0v) is 16.0. The fourth-order valence-electron chi connectivity index (χ4n) is 3.43. The van der Waals surface area contributed by atoms with E-state index in [9.17, 15) is 0 Å². The van der Waals surface area contributed by atoms with E-state index in [2.05, 4.69) is 27.4 Å². The molecule has 27 heavy (non-hydrogen) atoms. The number of hydrogen-bond acceptors (Lipinski definition) is 5. The summed E-state index contributed by atoms with van der Waals surface area (Å²) in [6.07, 6.45) is 7.35. The molecule has 0 N–H and O–H groups in total. The Morgan fingerprint density at radius 2 is 2.00 bits per heavy atom. The fourth-order valence-corrected chi connectivity index (χ4v) is 3.43. The van der Waals surface area contributed by atoms with Gasteiger partial charge < -0.3 is 9.26 Å². The third kappa shape index (κ3) is 3.66. The predicted molar refractivity (Wildman–Crippen MR) is 104 cm³/mol. The first-order valence-corrected chi connectivity index (χ1v) is 9.16. The minimum absolute atomic E-state index is 0.847. The summed E-state index contributed by atoms with van der Waals surface area (Å²) in [5, 5.41) is 8.57. The Labute approximate surface area is 159 Å². The smallest absolute Gasteiger partial charge is 0.138 e. The van der Waals surface area contributed by atoms with E-state index in [-0.39, 0.29) is 0 Å². The molecule has 3 aromatic rings. The second-order valence-electron chi connectivity index (χ2n) is 6.89. The standard InChI is InChI=1S/C21H24N4O2/c1-15-21(16(2)27-23-15)14-24-10-8-17(9-11-24)18-12-22-25(13-18)19-4-6-20(26-3)7-5-19/h4-8,12-13H,9-11,14H2,1-3H3. The van der Waals surface area contributed by atoms with Crippen LogP contribution >= 0.6 is 0 Å². The number of aryl methyl sites for hydroxylation is 2. The summed E-state index contributed by atoms with van der Waals surface area (Å²) < 4.78 is 12.4. The molecule has 0 fully saturated rings. The van der Waals surface area contributed by atoms with Crippen LogP contribution in [-0.2, 0) is 6.54 Å². The molecule has 1 aliphatic rings. The summed E-state index contributed by atoms with van der Waals surface area (Å²) in [6, 6.07) is 7.92. The van der Waals surface area contributed by atoms with E-state index in [1.54, 1.807) is 7.11 Å². The Morgan fingerprint density at radius 3 is 2.63 bits per heavy atom. The summed E-state index contributed by atoms with van der Waals surface area (Å²) in [7, 11) is 1.67. The van der Waals surface area contributed by atoms with Crippen LogP contribution in [0.2, 0.25) is 0 Å². The highest BCUT2D eigenvalue weighted by atomic mass is 16.5. The van der Waals surface area contributed by atoms with Gasteiger partial charge in [-0.1, -0.05) is 11.2 Å². The second-order valence-corrected chi connectivity index (χ2v) is 6.89. The minimum atomic E-state index is 0.847. The number of hydrogen-bond donors (Lipinski definition) is 0. The lowest BCUT2D eigenvalue weighted by atomic mass is 10.0. The second kappa shape index (κ2) is 7.40. The zero-order valence-electron chi connectivity index (χ0n) is 16.0. The molecule has 0 saturated heterocycles. The van der Waals surface area contributed by atoms with E-state index >= 15 is 0 Å². The lowest BCUT2D eigenvalue weighted by molar-refractivity contribution is 0.291. The zero-order chi connectivity index (χ0) is 18.8. The summed E-state index contributed by atoms with van der Waals surface area (Å²) in [4.78, 5) is 2.42. The molecule has 2 aromatic heterocycles. The number of nitrogens with zero attached hydrogens (tertiary/aromatic N) is 4. The van der Waals surface area contributed by atoms with Crippen LogP contribution in [-0.4, -0.2) is 40.0 Å². The topological polar surface area (TPSA) is 56.3 Å². The van der Waals surface area contributed by atoms with Gasteiger partial charge in [0, 0.05) is 37.0 Å². The van der Waals surface area contributed by atoms with E-state index in [1.807, 2.05) is 49.0 Å². The van der Waals surface area contributed by atoms with Crippen LogP contribution in [0.5, 0.6) is 5.75 Å². The maximum absolute atomic E-state index is 5.28. The van der Waals surface area contributed by atoms with Gasteiger partial charge in [-0.3, -0.25) is 4.90 Å². The molecular formula is C21H24N4O2. The third-order valence-electron chi connectivity index (χ3n) is 5.15. The van der Waals surface area contributed by atoms with Crippen molar-refractivity contribution in [3.8, 4) is 11.4 Å². The van der Waals surface area contributed by atoms with Gasteiger partial charge in [0.25, 0.3) is 0 Å². The van der Waals surface area contributed by atoms with Crippen LogP contribution < -0.4 is 4.74 Å². The van der Waals surface area contributed by atoms with Crippen molar-refractivity contribution in [3.05, 3.63) is 65.3 Å². The maximum atomic E-state index is 5.28. The molecule has 0 saturated carbocycles. The van der Waals surface area contributed by atoms with Gasteiger partial charge in [-0.25, -0.2) is 4.68 Å². The molecule has 0 aliphatic carbocycles. The molecule has 0 amide bonds. The molecule has 0 bridgehead atoms. The van der Waals surface area contributed by atoms with Crippen molar-refractivity contribution in [1.29, 1.82) is 0 Å². The first-order chi connectivity index (χ1) is 13.1. The van der Waals surface area contributed by atoms with Gasteiger partial charge in [0.05, 0.1) is 24.7 Å². The molecular weight excluding hydrogens is 340 g/mol. The van der Waals surface area contributed by atoms with Gasteiger partial charge in [0.2, 0.25) is 0 Å². The Balaban J connectivity index is 1.44. The lowest BCUT2D eigenvalue weighted by Crippen LogP contribution is -2.28. The van der Waals surface area contributed by atoms with Crippen molar-refractivity contribution < 1.29 is 9.26 Å². The molecule has 6 heteroatoms. The van der Waals surface area contributed by atoms with Gasteiger partial charge in [0.15, 0.2) is 0 Å². The van der Waals surface area contributed by atoms with Crippen LogP contribution in [0.4, 0.5) is 0 Å². The number of ether oxygens (including phenoxy) is 1. The van der Waals surface area contributed by atoms with Crippen molar-refractivity contribution in [1.82, 2.24) is 19.8 Å². The number of benzene rings is 1. The number of methoxy groups -OCH3 is 1. The first kappa shape index (κ1) is 17.5. The molecule has 1 aliphatic heterocycles. The predicted octanol–water partition coefficient (Wildman–Crippen LogP) is 3.78. The molecule has 0 radical (unpaired) electrons. The molecule has 0 unspecified atom stereocenters. The van der Waals surface area contributed by atoms with Crippen molar-refractivity contribution in [2.24, 2.45) is 0 Å². The fraction of sp³-hybridized carbons (Fsp3) is 0.333. The average molecular weight is 364 g/mol. The van der Waals surface area contributed by atoms with Crippen LogP contribution in [0.1, 0.15) is 29.0 Å².